The van der Waals surface area contributed by atoms with Crippen molar-refractivity contribution < 1.29 is 9.18 Å². The van der Waals surface area contributed by atoms with Crippen LogP contribution < -0.4 is 5.32 Å². The van der Waals surface area contributed by atoms with Crippen LogP contribution in [0.3, 0.4) is 0 Å². The summed E-state index contributed by atoms with van der Waals surface area (Å²) in [5.41, 5.74) is 1.72. The molecular weight excluding hydrogens is 275 g/mol. The van der Waals surface area contributed by atoms with E-state index >= 15 is 0 Å². The molecule has 106 valence electrons. The lowest BCUT2D eigenvalue weighted by molar-refractivity contribution is 0.103. The zero-order valence-electron chi connectivity index (χ0n) is 12.0. The van der Waals surface area contributed by atoms with Crippen molar-refractivity contribution in [2.24, 2.45) is 0 Å². The van der Waals surface area contributed by atoms with Gasteiger partial charge in [-0.25, -0.2) is 9.37 Å². The fourth-order valence-corrected chi connectivity index (χ4v) is 2.70. The second-order valence-electron chi connectivity index (χ2n) is 5.04. The number of rotatable bonds is 3. The van der Waals surface area contributed by atoms with Crippen LogP contribution in [0.4, 0.5) is 10.1 Å². The largest absolute Gasteiger partial charge is 0.321 e. The highest BCUT2D eigenvalue weighted by atomic mass is 32.1. The maximum absolute atomic E-state index is 13.5. The van der Waals surface area contributed by atoms with Gasteiger partial charge in [-0.05, 0) is 31.5 Å². The lowest BCUT2D eigenvalue weighted by Gasteiger charge is -2.05. The highest BCUT2D eigenvalue weighted by Crippen LogP contribution is 2.25. The number of amides is 1. The number of thiazole rings is 1. The van der Waals surface area contributed by atoms with Crippen LogP contribution >= 0.6 is 11.3 Å². The quantitative estimate of drug-likeness (QED) is 0.917. The van der Waals surface area contributed by atoms with Crippen molar-refractivity contribution in [2.75, 3.05) is 5.32 Å². The maximum Gasteiger partial charge on any atom is 0.267 e. The molecule has 2 rings (SSSR count). The molecule has 1 aromatic heterocycles. The van der Waals surface area contributed by atoms with Crippen molar-refractivity contribution in [3.63, 3.8) is 0 Å². The summed E-state index contributed by atoms with van der Waals surface area (Å²) in [5.74, 6) is -0.279. The molecule has 2 aromatic rings. The van der Waals surface area contributed by atoms with Gasteiger partial charge in [-0.1, -0.05) is 19.9 Å². The number of aryl methyl sites for hydroxylation is 2. The number of nitrogens with one attached hydrogen (secondary N) is 1. The molecule has 0 aliphatic heterocycles. The van der Waals surface area contributed by atoms with E-state index in [4.69, 9.17) is 0 Å². The lowest BCUT2D eigenvalue weighted by Crippen LogP contribution is -2.11. The van der Waals surface area contributed by atoms with Crippen molar-refractivity contribution in [1.29, 1.82) is 0 Å². The molecule has 1 N–H and O–H groups in total. The average Bonchev–Trinajstić information content (AvgIpc) is 2.76. The minimum Gasteiger partial charge on any atom is -0.321 e. The molecule has 0 bridgehead atoms. The summed E-state index contributed by atoms with van der Waals surface area (Å²) in [4.78, 5) is 17.2. The van der Waals surface area contributed by atoms with Crippen molar-refractivity contribution in [2.45, 2.75) is 33.6 Å². The monoisotopic (exact) mass is 292 g/mol. The smallest absolute Gasteiger partial charge is 0.267 e. The Balaban J connectivity index is 2.21. The number of aromatic nitrogens is 1. The summed E-state index contributed by atoms with van der Waals surface area (Å²) in [6.07, 6.45) is 0. The van der Waals surface area contributed by atoms with E-state index < -0.39 is 0 Å². The molecule has 1 amide bonds. The van der Waals surface area contributed by atoms with Crippen LogP contribution in [0.15, 0.2) is 18.2 Å². The summed E-state index contributed by atoms with van der Waals surface area (Å²) in [7, 11) is 0. The van der Waals surface area contributed by atoms with Gasteiger partial charge in [0.15, 0.2) is 0 Å². The van der Waals surface area contributed by atoms with Gasteiger partial charge in [0.2, 0.25) is 0 Å². The Kier molecular flexibility index (Phi) is 4.18. The number of hydrogen-bond donors (Lipinski definition) is 1. The molecule has 0 aliphatic carbocycles. The van der Waals surface area contributed by atoms with Crippen molar-refractivity contribution in [1.82, 2.24) is 4.98 Å². The van der Waals surface area contributed by atoms with Gasteiger partial charge in [0, 0.05) is 11.6 Å². The summed E-state index contributed by atoms with van der Waals surface area (Å²) in [6, 6.07) is 4.66. The van der Waals surface area contributed by atoms with Crippen LogP contribution in [0.2, 0.25) is 0 Å². The highest BCUT2D eigenvalue weighted by molar-refractivity contribution is 7.14. The van der Waals surface area contributed by atoms with Gasteiger partial charge in [-0.3, -0.25) is 4.79 Å². The van der Waals surface area contributed by atoms with Crippen molar-refractivity contribution >= 4 is 22.9 Å². The van der Waals surface area contributed by atoms with Crippen LogP contribution in [-0.4, -0.2) is 10.9 Å². The van der Waals surface area contributed by atoms with Crippen LogP contribution in [-0.2, 0) is 0 Å². The SMILES string of the molecule is Cc1ccc(NC(=O)c2sc(C(C)C)nc2C)cc1F. The van der Waals surface area contributed by atoms with E-state index in [1.54, 1.807) is 19.1 Å². The second kappa shape index (κ2) is 5.71. The lowest BCUT2D eigenvalue weighted by atomic mass is 10.2. The first-order valence-corrected chi connectivity index (χ1v) is 7.25. The van der Waals surface area contributed by atoms with E-state index in [2.05, 4.69) is 10.3 Å². The standard InChI is InChI=1S/C15H17FN2OS/c1-8(2)15-17-10(4)13(20-15)14(19)18-11-6-5-9(3)12(16)7-11/h5-8H,1-4H3,(H,18,19). The van der Waals surface area contributed by atoms with Gasteiger partial charge >= 0.3 is 0 Å². The highest BCUT2D eigenvalue weighted by Gasteiger charge is 2.17. The molecular formula is C15H17FN2OS. The van der Waals surface area contributed by atoms with Gasteiger partial charge < -0.3 is 5.32 Å². The van der Waals surface area contributed by atoms with Gasteiger partial charge in [0.25, 0.3) is 5.91 Å². The Morgan fingerprint density at radius 2 is 2.05 bits per heavy atom. The number of carbonyl (C=O) groups excluding carboxylic acids is 1. The Labute approximate surface area is 121 Å². The molecule has 0 aliphatic rings. The number of halogens is 1. The van der Waals surface area contributed by atoms with Crippen LogP contribution in [0.1, 0.15) is 45.7 Å². The number of benzene rings is 1. The van der Waals surface area contributed by atoms with Gasteiger partial charge in [0.1, 0.15) is 10.7 Å². The maximum atomic E-state index is 13.5. The molecule has 0 fully saturated rings. The van der Waals surface area contributed by atoms with Crippen molar-refractivity contribution in [3.8, 4) is 0 Å². The van der Waals surface area contributed by atoms with Gasteiger partial charge in [-0.2, -0.15) is 0 Å². The van der Waals surface area contributed by atoms with E-state index in [0.29, 0.717) is 21.8 Å². The number of carbonyl (C=O) groups is 1. The Bertz CT molecular complexity index is 649. The fourth-order valence-electron chi connectivity index (χ4n) is 1.73. The molecule has 0 radical (unpaired) electrons. The van der Waals surface area contributed by atoms with Crippen LogP contribution in [0, 0.1) is 19.7 Å². The zero-order valence-corrected chi connectivity index (χ0v) is 12.8. The van der Waals surface area contributed by atoms with Crippen molar-refractivity contribution in [3.05, 3.63) is 45.2 Å². The molecule has 0 atom stereocenters. The third-order valence-electron chi connectivity index (χ3n) is 2.94. The Morgan fingerprint density at radius 1 is 1.35 bits per heavy atom. The molecule has 0 saturated carbocycles. The predicted molar refractivity (Wildman–Crippen MR) is 80.0 cm³/mol. The van der Waals surface area contributed by atoms with Gasteiger partial charge in [0.05, 0.1) is 10.7 Å². The third kappa shape index (κ3) is 3.04. The summed E-state index contributed by atoms with van der Waals surface area (Å²) >= 11 is 1.39. The Morgan fingerprint density at radius 3 is 2.60 bits per heavy atom. The van der Waals surface area contributed by atoms with E-state index in [0.717, 1.165) is 5.01 Å². The number of hydrogen-bond acceptors (Lipinski definition) is 3. The topological polar surface area (TPSA) is 42.0 Å². The summed E-state index contributed by atoms with van der Waals surface area (Å²) in [6.45, 7) is 7.57. The normalized spacial score (nSPS) is 10.9. The first-order chi connectivity index (χ1) is 9.38. The molecule has 1 aromatic carbocycles. The fraction of sp³-hybridized carbons (Fsp3) is 0.333. The van der Waals surface area contributed by atoms with E-state index in [1.165, 1.54) is 17.4 Å². The number of nitrogens with zero attached hydrogens (tertiary/aromatic N) is 1. The van der Waals surface area contributed by atoms with E-state index in [1.807, 2.05) is 20.8 Å². The van der Waals surface area contributed by atoms with Gasteiger partial charge in [-0.15, -0.1) is 11.3 Å². The minimum atomic E-state index is -0.327. The molecule has 0 unspecified atom stereocenters. The molecule has 0 spiro atoms. The second-order valence-corrected chi connectivity index (χ2v) is 6.07. The Hall–Kier alpha value is -1.75. The first-order valence-electron chi connectivity index (χ1n) is 6.43. The predicted octanol–water partition coefficient (Wildman–Crippen LogP) is 4.27. The molecule has 1 heterocycles. The average molecular weight is 292 g/mol. The number of anilines is 1. The molecule has 20 heavy (non-hydrogen) atoms. The zero-order chi connectivity index (χ0) is 14.9. The molecule has 5 heteroatoms. The van der Waals surface area contributed by atoms with E-state index in [9.17, 15) is 9.18 Å². The summed E-state index contributed by atoms with van der Waals surface area (Å²) < 4.78 is 13.5. The molecule has 0 saturated heterocycles. The first kappa shape index (κ1) is 14.7. The van der Waals surface area contributed by atoms with Crippen LogP contribution in [0.25, 0.3) is 0 Å². The van der Waals surface area contributed by atoms with Crippen LogP contribution in [0.5, 0.6) is 0 Å². The third-order valence-corrected chi connectivity index (χ3v) is 4.40. The minimum absolute atomic E-state index is 0.241. The summed E-state index contributed by atoms with van der Waals surface area (Å²) in [5, 5.41) is 3.64. The molecule has 3 nitrogen and oxygen atoms in total. The van der Waals surface area contributed by atoms with E-state index in [-0.39, 0.29) is 17.6 Å².